The Labute approximate surface area is 142 Å². The number of ether oxygens (including phenoxy) is 2. The molecular weight excluding hydrogens is 324 g/mol. The van der Waals surface area contributed by atoms with E-state index in [1.54, 1.807) is 30.3 Å². The lowest BCUT2D eigenvalue weighted by Gasteiger charge is -2.11. The minimum Gasteiger partial charge on any atom is -0.472 e. The third-order valence-corrected chi connectivity index (χ3v) is 3.95. The molecule has 1 atom stereocenters. The molecule has 0 spiro atoms. The lowest BCUT2D eigenvalue weighted by Crippen LogP contribution is -2.17. The smallest absolute Gasteiger partial charge is 0.323 e. The summed E-state index contributed by atoms with van der Waals surface area (Å²) in [6.45, 7) is 1.21. The number of carbonyl (C=O) groups excluding carboxylic acids is 1. The summed E-state index contributed by atoms with van der Waals surface area (Å²) in [5.74, 6) is 0.112. The van der Waals surface area contributed by atoms with Crippen LogP contribution in [0.1, 0.15) is 16.8 Å². The highest BCUT2D eigenvalue weighted by molar-refractivity contribution is 6.05. The van der Waals surface area contributed by atoms with Crippen molar-refractivity contribution in [2.24, 2.45) is 0 Å². The Morgan fingerprint density at radius 3 is 2.96 bits per heavy atom. The molecule has 3 N–H and O–H groups in total. The number of pyridine rings is 1. The highest BCUT2D eigenvalue weighted by Gasteiger charge is 2.18. The average molecular weight is 340 g/mol. The highest BCUT2D eigenvalue weighted by Crippen LogP contribution is 2.18. The number of benzene rings is 1. The zero-order valence-electron chi connectivity index (χ0n) is 13.2. The van der Waals surface area contributed by atoms with Gasteiger partial charge in [-0.1, -0.05) is 0 Å². The first-order valence-corrected chi connectivity index (χ1v) is 7.91. The van der Waals surface area contributed by atoms with Gasteiger partial charge in [-0.15, -0.1) is 0 Å². The van der Waals surface area contributed by atoms with Gasteiger partial charge in [0.15, 0.2) is 0 Å². The molecule has 8 nitrogen and oxygen atoms in total. The highest BCUT2D eigenvalue weighted by atomic mass is 16.5. The number of rotatable bonds is 4. The molecule has 1 saturated heterocycles. The molecule has 128 valence electrons. The number of carbonyl (C=O) groups is 1. The predicted molar refractivity (Wildman–Crippen MR) is 91.0 cm³/mol. The van der Waals surface area contributed by atoms with Crippen molar-refractivity contribution < 1.29 is 14.3 Å². The Bertz CT molecular complexity index is 972. The molecule has 25 heavy (non-hydrogen) atoms. The predicted octanol–water partition coefficient (Wildman–Crippen LogP) is 1.67. The van der Waals surface area contributed by atoms with Crippen LogP contribution in [0.3, 0.4) is 0 Å². The molecule has 1 fully saturated rings. The van der Waals surface area contributed by atoms with E-state index < -0.39 is 0 Å². The molecule has 3 heterocycles. The van der Waals surface area contributed by atoms with Crippen molar-refractivity contribution in [3.63, 3.8) is 0 Å². The van der Waals surface area contributed by atoms with Crippen LogP contribution in [-0.4, -0.2) is 40.2 Å². The maximum Gasteiger partial charge on any atom is 0.323 e. The van der Waals surface area contributed by atoms with Gasteiger partial charge in [-0.25, -0.2) is 9.78 Å². The summed E-state index contributed by atoms with van der Waals surface area (Å²) in [5, 5.41) is 2.80. The van der Waals surface area contributed by atoms with Crippen molar-refractivity contribution in [3.8, 4) is 5.88 Å². The first-order chi connectivity index (χ1) is 12.2. The lowest BCUT2D eigenvalue weighted by molar-refractivity contribution is 0.102. The zero-order valence-corrected chi connectivity index (χ0v) is 13.2. The fourth-order valence-corrected chi connectivity index (χ4v) is 2.71. The Morgan fingerprint density at radius 1 is 1.24 bits per heavy atom. The number of imidazole rings is 1. The number of hydrogen-bond acceptors (Lipinski definition) is 5. The third-order valence-electron chi connectivity index (χ3n) is 3.95. The molecule has 0 aliphatic carbocycles. The SMILES string of the molecule is O=C(Nc1ccc2[nH]c(=O)[nH]c2c1)c1ccnc(O[C@H]2CCOC2)c1. The number of aromatic amines is 2. The summed E-state index contributed by atoms with van der Waals surface area (Å²) < 4.78 is 11.0. The average Bonchev–Trinajstić information content (AvgIpc) is 3.23. The fourth-order valence-electron chi connectivity index (χ4n) is 2.71. The Kier molecular flexibility index (Phi) is 3.95. The molecule has 1 aliphatic rings. The van der Waals surface area contributed by atoms with E-state index in [4.69, 9.17) is 9.47 Å². The Hall–Kier alpha value is -3.13. The van der Waals surface area contributed by atoms with Crippen molar-refractivity contribution in [1.82, 2.24) is 15.0 Å². The first-order valence-electron chi connectivity index (χ1n) is 7.91. The van der Waals surface area contributed by atoms with Gasteiger partial charge in [-0.2, -0.15) is 0 Å². The van der Waals surface area contributed by atoms with Gasteiger partial charge in [0.2, 0.25) is 5.88 Å². The third kappa shape index (κ3) is 3.38. The summed E-state index contributed by atoms with van der Waals surface area (Å²) in [7, 11) is 0. The number of hydrogen-bond donors (Lipinski definition) is 3. The largest absolute Gasteiger partial charge is 0.472 e. The molecule has 2 aromatic heterocycles. The van der Waals surface area contributed by atoms with Gasteiger partial charge in [0.25, 0.3) is 5.91 Å². The molecule has 1 aliphatic heterocycles. The summed E-state index contributed by atoms with van der Waals surface area (Å²) in [4.78, 5) is 33.2. The van der Waals surface area contributed by atoms with Crippen LogP contribution in [0.4, 0.5) is 5.69 Å². The van der Waals surface area contributed by atoms with Crippen LogP contribution >= 0.6 is 0 Å². The van der Waals surface area contributed by atoms with Gasteiger partial charge in [-0.05, 0) is 24.3 Å². The summed E-state index contributed by atoms with van der Waals surface area (Å²) in [6.07, 6.45) is 2.32. The molecule has 1 aromatic carbocycles. The standard InChI is InChI=1S/C17H16N4O4/c22-16(19-11-1-2-13-14(8-11)21-17(23)20-13)10-3-5-18-15(7-10)25-12-4-6-24-9-12/h1-3,5,7-8,12H,4,6,9H2,(H,19,22)(H2,20,21,23)/t12-/m0/s1. The number of anilines is 1. The fraction of sp³-hybridized carbons (Fsp3) is 0.235. The molecule has 4 rings (SSSR count). The second-order valence-electron chi connectivity index (χ2n) is 5.78. The van der Waals surface area contributed by atoms with Crippen LogP contribution in [0.25, 0.3) is 11.0 Å². The Morgan fingerprint density at radius 2 is 2.12 bits per heavy atom. The van der Waals surface area contributed by atoms with E-state index in [0.29, 0.717) is 41.4 Å². The minimum atomic E-state index is -0.287. The van der Waals surface area contributed by atoms with Crippen LogP contribution in [0.2, 0.25) is 0 Å². The van der Waals surface area contributed by atoms with E-state index >= 15 is 0 Å². The van der Waals surface area contributed by atoms with Crippen molar-refractivity contribution in [2.75, 3.05) is 18.5 Å². The van der Waals surface area contributed by atoms with Crippen molar-refractivity contribution >= 4 is 22.6 Å². The first kappa shape index (κ1) is 15.4. The molecule has 3 aromatic rings. The van der Waals surface area contributed by atoms with Crippen LogP contribution in [0.5, 0.6) is 5.88 Å². The lowest BCUT2D eigenvalue weighted by atomic mass is 10.2. The molecule has 0 radical (unpaired) electrons. The van der Waals surface area contributed by atoms with E-state index in [1.165, 1.54) is 6.20 Å². The maximum atomic E-state index is 12.4. The molecule has 0 bridgehead atoms. The number of amides is 1. The second-order valence-corrected chi connectivity index (χ2v) is 5.78. The van der Waals surface area contributed by atoms with Gasteiger partial charge in [0.1, 0.15) is 6.10 Å². The number of fused-ring (bicyclic) bond motifs is 1. The van der Waals surface area contributed by atoms with Gasteiger partial charge in [0, 0.05) is 29.9 Å². The van der Waals surface area contributed by atoms with Crippen LogP contribution in [0, 0.1) is 0 Å². The van der Waals surface area contributed by atoms with Crippen molar-refractivity contribution in [1.29, 1.82) is 0 Å². The van der Waals surface area contributed by atoms with E-state index in [2.05, 4.69) is 20.3 Å². The van der Waals surface area contributed by atoms with E-state index in [9.17, 15) is 9.59 Å². The van der Waals surface area contributed by atoms with Crippen molar-refractivity contribution in [3.05, 3.63) is 52.6 Å². The molecular formula is C17H16N4O4. The van der Waals surface area contributed by atoms with Crippen LogP contribution in [0.15, 0.2) is 41.3 Å². The molecule has 0 saturated carbocycles. The summed E-state index contributed by atoms with van der Waals surface area (Å²) in [5.41, 5.74) is 2.04. The second kappa shape index (κ2) is 6.40. The van der Waals surface area contributed by atoms with Gasteiger partial charge in [0.05, 0.1) is 24.2 Å². The Balaban J connectivity index is 1.50. The molecule has 8 heteroatoms. The maximum absolute atomic E-state index is 12.4. The molecule has 1 amide bonds. The van der Waals surface area contributed by atoms with Gasteiger partial charge in [-0.3, -0.25) is 4.79 Å². The normalized spacial score (nSPS) is 16.9. The number of nitrogens with one attached hydrogen (secondary N) is 3. The van der Waals surface area contributed by atoms with Crippen LogP contribution < -0.4 is 15.7 Å². The van der Waals surface area contributed by atoms with Gasteiger partial charge >= 0.3 is 5.69 Å². The minimum absolute atomic E-state index is 0.0290. The van der Waals surface area contributed by atoms with Gasteiger partial charge < -0.3 is 24.8 Å². The zero-order chi connectivity index (χ0) is 17.2. The van der Waals surface area contributed by atoms with Crippen molar-refractivity contribution in [2.45, 2.75) is 12.5 Å². The number of nitrogens with zero attached hydrogens (tertiary/aromatic N) is 1. The monoisotopic (exact) mass is 340 g/mol. The quantitative estimate of drug-likeness (QED) is 0.669. The van der Waals surface area contributed by atoms with E-state index in [1.807, 2.05) is 0 Å². The summed E-state index contributed by atoms with van der Waals surface area (Å²) >= 11 is 0. The topological polar surface area (TPSA) is 109 Å². The van der Waals surface area contributed by atoms with E-state index in [0.717, 1.165) is 6.42 Å². The molecule has 0 unspecified atom stereocenters. The number of aromatic nitrogens is 3. The number of H-pyrrole nitrogens is 2. The van der Waals surface area contributed by atoms with E-state index in [-0.39, 0.29) is 17.7 Å². The van der Waals surface area contributed by atoms with Crippen LogP contribution in [-0.2, 0) is 4.74 Å². The summed E-state index contributed by atoms with van der Waals surface area (Å²) in [6, 6.07) is 8.36.